The molecule has 1 unspecified atom stereocenters. The van der Waals surface area contributed by atoms with Crippen molar-refractivity contribution in [1.82, 2.24) is 4.90 Å². The largest absolute Gasteiger partial charge is 0.494 e. The Balaban J connectivity index is 2.10. The van der Waals surface area contributed by atoms with Gasteiger partial charge in [0.25, 0.3) is 0 Å². The summed E-state index contributed by atoms with van der Waals surface area (Å²) in [6.45, 7) is 7.72. The summed E-state index contributed by atoms with van der Waals surface area (Å²) in [6, 6.07) is 6.55. The summed E-state index contributed by atoms with van der Waals surface area (Å²) >= 11 is 0. The number of carbonyl (C=O) groups is 2. The summed E-state index contributed by atoms with van der Waals surface area (Å²) in [7, 11) is -3.11. The maximum absolute atomic E-state index is 13.0. The molecule has 1 N–H and O–H groups in total. The summed E-state index contributed by atoms with van der Waals surface area (Å²) < 4.78 is 28.9. The second-order valence-electron chi connectivity index (χ2n) is 7.18. The number of nitrogens with one attached hydrogen (secondary N) is 1. The molecule has 150 valence electrons. The van der Waals surface area contributed by atoms with Gasteiger partial charge in [0.15, 0.2) is 9.84 Å². The molecule has 1 atom stereocenters. The van der Waals surface area contributed by atoms with Gasteiger partial charge in [0.1, 0.15) is 11.2 Å². The molecule has 7 nitrogen and oxygen atoms in total. The van der Waals surface area contributed by atoms with Gasteiger partial charge in [0.2, 0.25) is 11.8 Å². The lowest BCUT2D eigenvalue weighted by atomic mass is 9.89. The number of carbonyl (C=O) groups excluding carboxylic acids is 2. The smallest absolute Gasteiger partial charge is 0.239 e. The topological polar surface area (TPSA) is 92.8 Å². The van der Waals surface area contributed by atoms with E-state index in [-0.39, 0.29) is 23.5 Å². The maximum atomic E-state index is 13.0. The van der Waals surface area contributed by atoms with E-state index in [1.807, 2.05) is 6.92 Å². The number of hydrogen-bond acceptors (Lipinski definition) is 5. The molecule has 2 rings (SSSR count). The highest BCUT2D eigenvalue weighted by Gasteiger charge is 2.43. The number of ether oxygens (including phenoxy) is 1. The number of nitrogens with zero attached hydrogens (tertiary/aromatic N) is 1. The maximum Gasteiger partial charge on any atom is 0.239 e. The molecule has 1 heterocycles. The van der Waals surface area contributed by atoms with Crippen molar-refractivity contribution in [2.24, 2.45) is 5.41 Å². The third-order valence-electron chi connectivity index (χ3n) is 4.78. The molecule has 1 aliphatic heterocycles. The Kier molecular flexibility index (Phi) is 6.51. The lowest BCUT2D eigenvalue weighted by Crippen LogP contribution is -2.51. The molecule has 27 heavy (non-hydrogen) atoms. The number of rotatable bonds is 7. The van der Waals surface area contributed by atoms with Crippen LogP contribution in [0.4, 0.5) is 5.69 Å². The average Bonchev–Trinajstić information content (AvgIpc) is 2.97. The third kappa shape index (κ3) is 5.00. The van der Waals surface area contributed by atoms with Crippen molar-refractivity contribution in [3.63, 3.8) is 0 Å². The van der Waals surface area contributed by atoms with E-state index in [1.165, 1.54) is 4.90 Å². The zero-order valence-corrected chi connectivity index (χ0v) is 17.1. The van der Waals surface area contributed by atoms with E-state index in [4.69, 9.17) is 4.74 Å². The van der Waals surface area contributed by atoms with Crippen molar-refractivity contribution in [1.29, 1.82) is 0 Å². The second-order valence-corrected chi connectivity index (χ2v) is 9.41. The van der Waals surface area contributed by atoms with Crippen LogP contribution in [0, 0.1) is 5.41 Å². The molecular weight excluding hydrogens is 368 g/mol. The fraction of sp³-hybridized carbons (Fsp3) is 0.579. The van der Waals surface area contributed by atoms with Gasteiger partial charge in [-0.3, -0.25) is 9.59 Å². The quantitative estimate of drug-likeness (QED) is 0.713. The number of hydrogen-bond donors (Lipinski definition) is 1. The van der Waals surface area contributed by atoms with Crippen LogP contribution in [0.25, 0.3) is 0 Å². The first kappa shape index (κ1) is 21.2. The molecule has 0 spiro atoms. The lowest BCUT2D eigenvalue weighted by Gasteiger charge is -2.34. The Labute approximate surface area is 161 Å². The van der Waals surface area contributed by atoms with Gasteiger partial charge in [-0.1, -0.05) is 0 Å². The minimum absolute atomic E-state index is 0.0385. The molecule has 1 saturated heterocycles. The molecule has 0 bridgehead atoms. The molecule has 1 aliphatic rings. The molecule has 1 fully saturated rings. The first-order chi connectivity index (χ1) is 12.6. The van der Waals surface area contributed by atoms with Crippen LogP contribution in [0.15, 0.2) is 24.3 Å². The Morgan fingerprint density at radius 1 is 1.22 bits per heavy atom. The van der Waals surface area contributed by atoms with E-state index in [0.29, 0.717) is 31.0 Å². The fourth-order valence-corrected chi connectivity index (χ4v) is 4.86. The highest BCUT2D eigenvalue weighted by Crippen LogP contribution is 2.27. The highest BCUT2D eigenvalue weighted by molar-refractivity contribution is 7.91. The van der Waals surface area contributed by atoms with Gasteiger partial charge in [-0.15, -0.1) is 0 Å². The van der Waals surface area contributed by atoms with Crippen LogP contribution >= 0.6 is 0 Å². The van der Waals surface area contributed by atoms with Gasteiger partial charge in [-0.2, -0.15) is 0 Å². The summed E-state index contributed by atoms with van der Waals surface area (Å²) in [6.07, 6.45) is 0.415. The Morgan fingerprint density at radius 3 is 2.33 bits per heavy atom. The van der Waals surface area contributed by atoms with E-state index in [9.17, 15) is 18.0 Å². The average molecular weight is 397 g/mol. The van der Waals surface area contributed by atoms with Gasteiger partial charge < -0.3 is 15.0 Å². The highest BCUT2D eigenvalue weighted by atomic mass is 32.2. The number of anilines is 1. The molecule has 8 heteroatoms. The minimum Gasteiger partial charge on any atom is -0.494 e. The molecule has 0 radical (unpaired) electrons. The Bertz CT molecular complexity index is 787. The van der Waals surface area contributed by atoms with E-state index < -0.39 is 21.2 Å². The van der Waals surface area contributed by atoms with E-state index >= 15 is 0 Å². The van der Waals surface area contributed by atoms with Crippen molar-refractivity contribution >= 4 is 27.3 Å². The van der Waals surface area contributed by atoms with Crippen LogP contribution in [-0.4, -0.2) is 55.8 Å². The van der Waals surface area contributed by atoms with E-state index in [2.05, 4.69) is 5.32 Å². The summed E-state index contributed by atoms with van der Waals surface area (Å²) in [5.74, 6) is -0.0550. The fourth-order valence-electron chi connectivity index (χ4n) is 3.13. The second kappa shape index (κ2) is 8.29. The molecule has 2 amide bonds. The normalized spacial score (nSPS) is 18.7. The van der Waals surface area contributed by atoms with E-state index in [0.717, 1.165) is 0 Å². The molecule has 1 aromatic carbocycles. The predicted molar refractivity (Wildman–Crippen MR) is 104 cm³/mol. The van der Waals surface area contributed by atoms with Gasteiger partial charge in [-0.25, -0.2) is 8.42 Å². The number of amides is 2. The van der Waals surface area contributed by atoms with Crippen LogP contribution < -0.4 is 10.1 Å². The van der Waals surface area contributed by atoms with Crippen LogP contribution in [0.1, 0.15) is 34.1 Å². The standard InChI is InChI=1S/C19H28N2O5S/c1-5-21(15-11-12-27(24,25)13-15)18(23)19(3,4)17(22)20-14-7-9-16(10-8-14)26-6-2/h7-10,15H,5-6,11-13H2,1-4H3,(H,20,22). The first-order valence-electron chi connectivity index (χ1n) is 9.16. The first-order valence-corrected chi connectivity index (χ1v) is 11.0. The molecule has 0 aliphatic carbocycles. The Morgan fingerprint density at radius 2 is 1.85 bits per heavy atom. The van der Waals surface area contributed by atoms with Gasteiger partial charge in [-0.05, 0) is 58.4 Å². The van der Waals surface area contributed by atoms with Crippen molar-refractivity contribution < 1.29 is 22.7 Å². The summed E-state index contributed by atoms with van der Waals surface area (Å²) in [5, 5.41) is 2.76. The zero-order valence-electron chi connectivity index (χ0n) is 16.3. The Hall–Kier alpha value is -2.09. The summed E-state index contributed by atoms with van der Waals surface area (Å²) in [5.41, 5.74) is -0.753. The van der Waals surface area contributed by atoms with Gasteiger partial charge in [0.05, 0.1) is 18.1 Å². The van der Waals surface area contributed by atoms with E-state index in [1.54, 1.807) is 45.0 Å². The van der Waals surface area contributed by atoms with Crippen LogP contribution in [0.2, 0.25) is 0 Å². The zero-order chi connectivity index (χ0) is 20.2. The summed E-state index contributed by atoms with van der Waals surface area (Å²) in [4.78, 5) is 27.3. The molecule has 0 saturated carbocycles. The molecule has 1 aromatic rings. The molecule has 0 aromatic heterocycles. The number of sulfone groups is 1. The van der Waals surface area contributed by atoms with Crippen molar-refractivity contribution in [3.8, 4) is 5.75 Å². The predicted octanol–water partition coefficient (Wildman–Crippen LogP) is 2.09. The molecular formula is C19H28N2O5S. The van der Waals surface area contributed by atoms with Crippen molar-refractivity contribution in [2.75, 3.05) is 30.0 Å². The number of benzene rings is 1. The minimum atomic E-state index is -3.11. The van der Waals surface area contributed by atoms with Gasteiger partial charge >= 0.3 is 0 Å². The van der Waals surface area contributed by atoms with Crippen molar-refractivity contribution in [3.05, 3.63) is 24.3 Å². The monoisotopic (exact) mass is 396 g/mol. The SMILES string of the molecule is CCOc1ccc(NC(=O)C(C)(C)C(=O)N(CC)C2CCS(=O)(=O)C2)cc1. The van der Waals surface area contributed by atoms with Crippen LogP contribution in [0.5, 0.6) is 5.75 Å². The van der Waals surface area contributed by atoms with Crippen molar-refractivity contribution in [2.45, 2.75) is 40.2 Å². The van der Waals surface area contributed by atoms with Crippen LogP contribution in [-0.2, 0) is 19.4 Å². The third-order valence-corrected chi connectivity index (χ3v) is 6.53. The van der Waals surface area contributed by atoms with Crippen LogP contribution in [0.3, 0.4) is 0 Å². The lowest BCUT2D eigenvalue weighted by molar-refractivity contribution is -0.147. The van der Waals surface area contributed by atoms with Gasteiger partial charge in [0, 0.05) is 18.3 Å².